The maximum absolute atomic E-state index is 12.7. The van der Waals surface area contributed by atoms with E-state index in [1.807, 2.05) is 9.80 Å². The van der Waals surface area contributed by atoms with Crippen molar-refractivity contribution in [1.82, 2.24) is 9.80 Å². The molecule has 3 atom stereocenters. The number of fused-ring (bicyclic) bond motifs is 1. The Kier molecular flexibility index (Phi) is 3.50. The average molecular weight is 264 g/mol. The van der Waals surface area contributed by atoms with Crippen LogP contribution in [0.4, 0.5) is 0 Å². The third-order valence-corrected chi connectivity index (χ3v) is 5.16. The molecule has 3 aliphatic rings. The van der Waals surface area contributed by atoms with Crippen molar-refractivity contribution in [3.63, 3.8) is 0 Å². The van der Waals surface area contributed by atoms with Crippen molar-refractivity contribution in [2.45, 2.75) is 64.0 Å². The molecule has 0 N–H and O–H groups in total. The van der Waals surface area contributed by atoms with E-state index < -0.39 is 0 Å². The summed E-state index contributed by atoms with van der Waals surface area (Å²) in [5.41, 5.74) is 0. The molecule has 4 heteroatoms. The normalized spacial score (nSPS) is 36.4. The number of piperazine rings is 1. The number of rotatable bonds is 1. The Morgan fingerprint density at radius 3 is 2.47 bits per heavy atom. The third kappa shape index (κ3) is 2.26. The fourth-order valence-corrected chi connectivity index (χ4v) is 4.03. The second-order valence-electron chi connectivity index (χ2n) is 6.39. The van der Waals surface area contributed by atoms with E-state index in [0.29, 0.717) is 18.5 Å². The first-order valence-electron chi connectivity index (χ1n) is 7.78. The highest BCUT2D eigenvalue weighted by Crippen LogP contribution is 2.32. The highest BCUT2D eigenvalue weighted by atomic mass is 16.2. The van der Waals surface area contributed by atoms with E-state index in [1.54, 1.807) is 0 Å². The molecule has 1 saturated carbocycles. The van der Waals surface area contributed by atoms with E-state index in [9.17, 15) is 9.59 Å². The number of carbonyl (C=O) groups excluding carboxylic acids is 2. The SMILES string of the molecule is CC1CCCCC1N1CC(=O)N2CCCCC2C1=O. The second-order valence-corrected chi connectivity index (χ2v) is 6.39. The van der Waals surface area contributed by atoms with E-state index in [0.717, 1.165) is 32.2 Å². The van der Waals surface area contributed by atoms with Crippen LogP contribution in [0.1, 0.15) is 51.9 Å². The van der Waals surface area contributed by atoms with Gasteiger partial charge < -0.3 is 9.80 Å². The monoisotopic (exact) mass is 264 g/mol. The van der Waals surface area contributed by atoms with Crippen LogP contribution >= 0.6 is 0 Å². The van der Waals surface area contributed by atoms with Crippen LogP contribution in [0.5, 0.6) is 0 Å². The van der Waals surface area contributed by atoms with E-state index in [4.69, 9.17) is 0 Å². The molecule has 2 saturated heterocycles. The largest absolute Gasteiger partial charge is 0.329 e. The van der Waals surface area contributed by atoms with Gasteiger partial charge in [-0.2, -0.15) is 0 Å². The Labute approximate surface area is 115 Å². The smallest absolute Gasteiger partial charge is 0.246 e. The Morgan fingerprint density at radius 2 is 1.68 bits per heavy atom. The van der Waals surface area contributed by atoms with Gasteiger partial charge in [0, 0.05) is 12.6 Å². The van der Waals surface area contributed by atoms with Crippen molar-refractivity contribution in [2.75, 3.05) is 13.1 Å². The summed E-state index contributed by atoms with van der Waals surface area (Å²) in [4.78, 5) is 28.7. The lowest BCUT2D eigenvalue weighted by Gasteiger charge is -2.47. The molecule has 3 rings (SSSR count). The molecular weight excluding hydrogens is 240 g/mol. The zero-order valence-electron chi connectivity index (χ0n) is 11.8. The predicted octanol–water partition coefficient (Wildman–Crippen LogP) is 1.79. The second kappa shape index (κ2) is 5.14. The number of carbonyl (C=O) groups is 2. The lowest BCUT2D eigenvalue weighted by Crippen LogP contribution is -2.64. The van der Waals surface area contributed by atoms with Gasteiger partial charge in [0.05, 0.1) is 0 Å². The number of nitrogens with zero attached hydrogens (tertiary/aromatic N) is 2. The summed E-state index contributed by atoms with van der Waals surface area (Å²) in [5, 5.41) is 0. The van der Waals surface area contributed by atoms with Gasteiger partial charge in [0.2, 0.25) is 11.8 Å². The maximum Gasteiger partial charge on any atom is 0.246 e. The molecule has 0 aromatic carbocycles. The summed E-state index contributed by atoms with van der Waals surface area (Å²) in [7, 11) is 0. The predicted molar refractivity (Wildman–Crippen MR) is 72.5 cm³/mol. The standard InChI is InChI=1S/C15H24N2O2/c1-11-6-2-3-7-12(11)17-10-14(18)16-9-5-4-8-13(16)15(17)19/h11-13H,2-10H2,1H3. The maximum atomic E-state index is 12.7. The van der Waals surface area contributed by atoms with Crippen molar-refractivity contribution in [2.24, 2.45) is 5.92 Å². The fraction of sp³-hybridized carbons (Fsp3) is 0.867. The molecule has 1 aliphatic carbocycles. The molecule has 0 radical (unpaired) electrons. The van der Waals surface area contributed by atoms with Crippen molar-refractivity contribution in [3.05, 3.63) is 0 Å². The molecule has 3 unspecified atom stereocenters. The molecule has 2 heterocycles. The van der Waals surface area contributed by atoms with Gasteiger partial charge in [-0.25, -0.2) is 0 Å². The zero-order chi connectivity index (χ0) is 13.4. The number of piperidine rings is 1. The quantitative estimate of drug-likeness (QED) is 0.724. The molecule has 0 aromatic heterocycles. The minimum atomic E-state index is -0.149. The van der Waals surface area contributed by atoms with Gasteiger partial charge in [-0.3, -0.25) is 9.59 Å². The topological polar surface area (TPSA) is 40.6 Å². The lowest BCUT2D eigenvalue weighted by atomic mass is 9.83. The third-order valence-electron chi connectivity index (χ3n) is 5.16. The molecule has 19 heavy (non-hydrogen) atoms. The molecule has 3 fully saturated rings. The lowest BCUT2D eigenvalue weighted by molar-refractivity contribution is -0.161. The first-order valence-corrected chi connectivity index (χ1v) is 7.78. The van der Waals surface area contributed by atoms with Crippen LogP contribution in [-0.2, 0) is 9.59 Å². The van der Waals surface area contributed by atoms with Gasteiger partial charge in [-0.15, -0.1) is 0 Å². The molecular formula is C15H24N2O2. The van der Waals surface area contributed by atoms with Crippen LogP contribution in [-0.4, -0.2) is 46.8 Å². The van der Waals surface area contributed by atoms with E-state index in [2.05, 4.69) is 6.92 Å². The Morgan fingerprint density at radius 1 is 0.947 bits per heavy atom. The number of hydrogen-bond acceptors (Lipinski definition) is 2. The van der Waals surface area contributed by atoms with Gasteiger partial charge in [-0.05, 0) is 38.0 Å². The summed E-state index contributed by atoms with van der Waals surface area (Å²) in [6.07, 6.45) is 7.72. The summed E-state index contributed by atoms with van der Waals surface area (Å²) in [6, 6.07) is 0.151. The highest BCUT2D eigenvalue weighted by molar-refractivity contribution is 5.95. The first-order chi connectivity index (χ1) is 9.18. The molecule has 0 aromatic rings. The van der Waals surface area contributed by atoms with Gasteiger partial charge in [0.15, 0.2) is 0 Å². The van der Waals surface area contributed by atoms with Crippen LogP contribution in [0.2, 0.25) is 0 Å². The van der Waals surface area contributed by atoms with Crippen LogP contribution in [0.3, 0.4) is 0 Å². The Balaban J connectivity index is 1.78. The molecule has 2 aliphatic heterocycles. The summed E-state index contributed by atoms with van der Waals surface area (Å²) >= 11 is 0. The Hall–Kier alpha value is -1.06. The van der Waals surface area contributed by atoms with Gasteiger partial charge in [0.25, 0.3) is 0 Å². The molecule has 4 nitrogen and oxygen atoms in total. The van der Waals surface area contributed by atoms with Crippen molar-refractivity contribution in [3.8, 4) is 0 Å². The number of hydrogen-bond donors (Lipinski definition) is 0. The fourth-order valence-electron chi connectivity index (χ4n) is 4.03. The van der Waals surface area contributed by atoms with Crippen molar-refractivity contribution in [1.29, 1.82) is 0 Å². The summed E-state index contributed by atoms with van der Waals surface area (Å²) in [6.45, 7) is 3.34. The van der Waals surface area contributed by atoms with Gasteiger partial charge in [0.1, 0.15) is 12.6 Å². The summed E-state index contributed by atoms with van der Waals surface area (Å²) in [5.74, 6) is 0.931. The van der Waals surface area contributed by atoms with Crippen LogP contribution < -0.4 is 0 Å². The zero-order valence-corrected chi connectivity index (χ0v) is 11.8. The van der Waals surface area contributed by atoms with Crippen LogP contribution in [0, 0.1) is 5.92 Å². The minimum Gasteiger partial charge on any atom is -0.329 e. The Bertz CT molecular complexity index is 382. The minimum absolute atomic E-state index is 0.149. The highest BCUT2D eigenvalue weighted by Gasteiger charge is 2.43. The molecule has 0 spiro atoms. The van der Waals surface area contributed by atoms with Crippen LogP contribution in [0.15, 0.2) is 0 Å². The number of amides is 2. The van der Waals surface area contributed by atoms with Crippen molar-refractivity contribution < 1.29 is 9.59 Å². The van der Waals surface area contributed by atoms with Crippen LogP contribution in [0.25, 0.3) is 0 Å². The van der Waals surface area contributed by atoms with Gasteiger partial charge >= 0.3 is 0 Å². The van der Waals surface area contributed by atoms with Gasteiger partial charge in [-0.1, -0.05) is 19.8 Å². The van der Waals surface area contributed by atoms with Crippen molar-refractivity contribution >= 4 is 11.8 Å². The van der Waals surface area contributed by atoms with E-state index >= 15 is 0 Å². The summed E-state index contributed by atoms with van der Waals surface area (Å²) < 4.78 is 0. The molecule has 0 bridgehead atoms. The first kappa shape index (κ1) is 12.9. The molecule has 106 valence electrons. The average Bonchev–Trinajstić information content (AvgIpc) is 2.44. The van der Waals surface area contributed by atoms with E-state index in [1.165, 1.54) is 19.3 Å². The van der Waals surface area contributed by atoms with E-state index in [-0.39, 0.29) is 17.9 Å². The molecule has 2 amide bonds.